The maximum absolute atomic E-state index is 13.1. The average molecular weight is 517 g/mol. The zero-order valence-electron chi connectivity index (χ0n) is 21.3. The fourth-order valence-electron chi connectivity index (χ4n) is 4.99. The first-order chi connectivity index (χ1) is 17.3. The second-order valence-corrected chi connectivity index (χ2v) is 11.3. The summed E-state index contributed by atoms with van der Waals surface area (Å²) in [6.07, 6.45) is 2.98. The molecule has 0 aliphatic carbocycles. The van der Waals surface area contributed by atoms with Gasteiger partial charge in [-0.15, -0.1) is 0 Å². The minimum Gasteiger partial charge on any atom is -0.496 e. The van der Waals surface area contributed by atoms with Gasteiger partial charge in [0.25, 0.3) is 0 Å². The van der Waals surface area contributed by atoms with Crippen LogP contribution < -0.4 is 14.8 Å². The zero-order chi connectivity index (χ0) is 25.8. The van der Waals surface area contributed by atoms with Crippen molar-refractivity contribution in [3.05, 3.63) is 53.6 Å². The molecule has 2 aliphatic heterocycles. The molecular weight excluding hydrogens is 480 g/mol. The molecule has 0 aromatic heterocycles. The molecule has 2 aromatic rings. The standard InChI is InChI=1S/C27H36N2O6S/c1-4-27(5-2)19-23(22-8-6-7-9-25(22)35-27)28-26(30)13-10-20-18-21(11-12-24(20)33-3)36(31,32)29-14-16-34-17-15-29/h6-9,11-12,18,23H,4-5,10,13-17,19H2,1-3H3,(H,28,30). The van der Waals surface area contributed by atoms with E-state index in [-0.39, 0.29) is 28.9 Å². The highest BCUT2D eigenvalue weighted by atomic mass is 32.2. The number of methoxy groups -OCH3 is 1. The van der Waals surface area contributed by atoms with Crippen molar-refractivity contribution in [2.24, 2.45) is 0 Å². The summed E-state index contributed by atoms with van der Waals surface area (Å²) in [7, 11) is -2.10. The fraction of sp³-hybridized carbons (Fsp3) is 0.519. The van der Waals surface area contributed by atoms with Crippen LogP contribution in [0.4, 0.5) is 0 Å². The van der Waals surface area contributed by atoms with Crippen LogP contribution in [0.3, 0.4) is 0 Å². The third kappa shape index (κ3) is 5.53. The lowest BCUT2D eigenvalue weighted by Gasteiger charge is -2.41. The lowest BCUT2D eigenvalue weighted by molar-refractivity contribution is -0.122. The summed E-state index contributed by atoms with van der Waals surface area (Å²) in [5.41, 5.74) is 1.36. The van der Waals surface area contributed by atoms with Crippen LogP contribution in [0.2, 0.25) is 0 Å². The van der Waals surface area contributed by atoms with Gasteiger partial charge in [-0.25, -0.2) is 8.42 Å². The predicted octanol–water partition coefficient (Wildman–Crippen LogP) is 3.85. The summed E-state index contributed by atoms with van der Waals surface area (Å²) < 4.78 is 44.8. The maximum atomic E-state index is 13.1. The number of amides is 1. The molecule has 0 radical (unpaired) electrons. The molecule has 1 N–H and O–H groups in total. The zero-order valence-corrected chi connectivity index (χ0v) is 22.1. The average Bonchev–Trinajstić information content (AvgIpc) is 2.92. The van der Waals surface area contributed by atoms with Gasteiger partial charge in [0, 0.05) is 31.5 Å². The van der Waals surface area contributed by atoms with E-state index >= 15 is 0 Å². The van der Waals surface area contributed by atoms with Gasteiger partial charge >= 0.3 is 0 Å². The molecule has 8 nitrogen and oxygen atoms in total. The molecule has 2 aliphatic rings. The summed E-state index contributed by atoms with van der Waals surface area (Å²) >= 11 is 0. The molecule has 2 heterocycles. The first-order valence-electron chi connectivity index (χ1n) is 12.6. The number of nitrogens with zero attached hydrogens (tertiary/aromatic N) is 1. The number of para-hydroxylation sites is 1. The number of sulfonamides is 1. The van der Waals surface area contributed by atoms with Gasteiger partial charge in [-0.05, 0) is 49.1 Å². The highest BCUT2D eigenvalue weighted by molar-refractivity contribution is 7.89. The second-order valence-electron chi connectivity index (χ2n) is 9.34. The van der Waals surface area contributed by atoms with Crippen molar-refractivity contribution in [2.75, 3.05) is 33.4 Å². The van der Waals surface area contributed by atoms with Crippen molar-refractivity contribution in [1.82, 2.24) is 9.62 Å². The van der Waals surface area contributed by atoms with Crippen molar-refractivity contribution in [2.45, 2.75) is 62.5 Å². The normalized spacial score (nSPS) is 19.7. The molecule has 1 amide bonds. The van der Waals surface area contributed by atoms with Crippen LogP contribution >= 0.6 is 0 Å². The number of aryl methyl sites for hydroxylation is 1. The highest BCUT2D eigenvalue weighted by Crippen LogP contribution is 2.42. The van der Waals surface area contributed by atoms with E-state index in [4.69, 9.17) is 14.2 Å². The Hall–Kier alpha value is -2.62. The number of morpholine rings is 1. The maximum Gasteiger partial charge on any atom is 0.243 e. The van der Waals surface area contributed by atoms with E-state index in [0.717, 1.165) is 24.2 Å². The van der Waals surface area contributed by atoms with E-state index in [9.17, 15) is 13.2 Å². The Labute approximate surface area is 214 Å². The number of hydrogen-bond acceptors (Lipinski definition) is 6. The number of rotatable bonds is 9. The third-order valence-corrected chi connectivity index (χ3v) is 9.20. The summed E-state index contributed by atoms with van der Waals surface area (Å²) in [5.74, 6) is 1.29. The number of nitrogens with one attached hydrogen (secondary N) is 1. The first kappa shape index (κ1) is 26.4. The Morgan fingerprint density at radius 1 is 1.14 bits per heavy atom. The van der Waals surface area contributed by atoms with Gasteiger partial charge in [0.15, 0.2) is 0 Å². The van der Waals surface area contributed by atoms with E-state index in [1.165, 1.54) is 4.31 Å². The Kier molecular flexibility index (Phi) is 8.22. The van der Waals surface area contributed by atoms with E-state index in [0.29, 0.717) is 50.5 Å². The van der Waals surface area contributed by atoms with Crippen LogP contribution in [-0.2, 0) is 26.0 Å². The molecule has 1 unspecified atom stereocenters. The second kappa shape index (κ2) is 11.2. The lowest BCUT2D eigenvalue weighted by atomic mass is 9.83. The Balaban J connectivity index is 1.48. The van der Waals surface area contributed by atoms with Gasteiger partial charge in [0.05, 0.1) is 31.3 Å². The number of carbonyl (C=O) groups excluding carboxylic acids is 1. The van der Waals surface area contributed by atoms with E-state index in [1.807, 2.05) is 24.3 Å². The Bertz CT molecular complexity index is 1170. The van der Waals surface area contributed by atoms with Crippen LogP contribution in [0.15, 0.2) is 47.4 Å². The van der Waals surface area contributed by atoms with Crippen molar-refractivity contribution in [1.29, 1.82) is 0 Å². The number of benzene rings is 2. The van der Waals surface area contributed by atoms with Crippen molar-refractivity contribution >= 4 is 15.9 Å². The Morgan fingerprint density at radius 2 is 1.86 bits per heavy atom. The molecule has 1 atom stereocenters. The molecule has 1 fully saturated rings. The first-order valence-corrected chi connectivity index (χ1v) is 14.1. The minimum atomic E-state index is -3.64. The van der Waals surface area contributed by atoms with Crippen molar-refractivity contribution in [3.8, 4) is 11.5 Å². The quantitative estimate of drug-likeness (QED) is 0.544. The molecule has 1 saturated heterocycles. The molecule has 196 valence electrons. The van der Waals surface area contributed by atoms with E-state index < -0.39 is 10.0 Å². The molecule has 4 rings (SSSR count). The van der Waals surface area contributed by atoms with Gasteiger partial charge in [0.1, 0.15) is 17.1 Å². The number of carbonyl (C=O) groups is 1. The smallest absolute Gasteiger partial charge is 0.243 e. The highest BCUT2D eigenvalue weighted by Gasteiger charge is 2.39. The third-order valence-electron chi connectivity index (χ3n) is 7.30. The van der Waals surface area contributed by atoms with Crippen LogP contribution in [0, 0.1) is 0 Å². The molecule has 2 aromatic carbocycles. The number of ether oxygens (including phenoxy) is 3. The molecule has 0 bridgehead atoms. The minimum absolute atomic E-state index is 0.0960. The lowest BCUT2D eigenvalue weighted by Crippen LogP contribution is -2.44. The van der Waals surface area contributed by atoms with Gasteiger partial charge in [-0.3, -0.25) is 4.79 Å². The van der Waals surface area contributed by atoms with Crippen molar-refractivity contribution < 1.29 is 27.4 Å². The summed E-state index contributed by atoms with van der Waals surface area (Å²) in [6, 6.07) is 12.6. The van der Waals surface area contributed by atoms with Gasteiger partial charge < -0.3 is 19.5 Å². The molecular formula is C27H36N2O6S. The van der Waals surface area contributed by atoms with Crippen LogP contribution in [0.5, 0.6) is 11.5 Å². The van der Waals surface area contributed by atoms with Crippen LogP contribution in [0.1, 0.15) is 56.7 Å². The van der Waals surface area contributed by atoms with Gasteiger partial charge in [-0.1, -0.05) is 32.0 Å². The largest absolute Gasteiger partial charge is 0.496 e. The number of hydrogen-bond donors (Lipinski definition) is 1. The summed E-state index contributed by atoms with van der Waals surface area (Å²) in [6.45, 7) is 5.65. The summed E-state index contributed by atoms with van der Waals surface area (Å²) in [5, 5.41) is 3.20. The van der Waals surface area contributed by atoms with Crippen LogP contribution in [-0.4, -0.2) is 57.6 Å². The van der Waals surface area contributed by atoms with E-state index in [1.54, 1.807) is 25.3 Å². The van der Waals surface area contributed by atoms with Gasteiger partial charge in [-0.2, -0.15) is 4.31 Å². The molecule has 0 spiro atoms. The fourth-order valence-corrected chi connectivity index (χ4v) is 6.45. The molecule has 36 heavy (non-hydrogen) atoms. The number of fused-ring (bicyclic) bond motifs is 1. The molecule has 0 saturated carbocycles. The van der Waals surface area contributed by atoms with Crippen molar-refractivity contribution in [3.63, 3.8) is 0 Å². The Morgan fingerprint density at radius 3 is 2.56 bits per heavy atom. The molecule has 9 heteroatoms. The van der Waals surface area contributed by atoms with Gasteiger partial charge in [0.2, 0.25) is 15.9 Å². The monoisotopic (exact) mass is 516 g/mol. The van der Waals surface area contributed by atoms with Crippen LogP contribution in [0.25, 0.3) is 0 Å². The topological polar surface area (TPSA) is 94.2 Å². The van der Waals surface area contributed by atoms with E-state index in [2.05, 4.69) is 19.2 Å². The summed E-state index contributed by atoms with van der Waals surface area (Å²) in [4.78, 5) is 13.3. The predicted molar refractivity (Wildman–Crippen MR) is 137 cm³/mol. The SMILES string of the molecule is CCC1(CC)CC(NC(=O)CCc2cc(S(=O)(=O)N3CCOCC3)ccc2OC)c2ccccc2O1.